The minimum absolute atomic E-state index is 0.0326. The normalized spacial score (nSPS) is 9.96. The molecule has 0 radical (unpaired) electrons. The highest BCUT2D eigenvalue weighted by atomic mass is 32.2. The zero-order valence-corrected chi connectivity index (χ0v) is 30.8. The van der Waals surface area contributed by atoms with Crippen LogP contribution in [-0.4, -0.2) is 31.6 Å². The maximum atomic E-state index is 11.2. The fourth-order valence-corrected chi connectivity index (χ4v) is 4.27. The monoisotopic (exact) mass is 673 g/mol. The number of anilines is 1. The summed E-state index contributed by atoms with van der Waals surface area (Å²) in [7, 11) is -3.00. The Morgan fingerprint density at radius 2 is 1.04 bits per heavy atom. The van der Waals surface area contributed by atoms with Crippen LogP contribution in [0.25, 0.3) is 0 Å². The number of benzene rings is 4. The van der Waals surface area contributed by atoms with Gasteiger partial charge in [-0.1, -0.05) is 152 Å². The number of amides is 1. The lowest BCUT2D eigenvalue weighted by molar-refractivity contribution is -0.120. The molecule has 0 spiro atoms. The first-order valence-corrected chi connectivity index (χ1v) is 18.2. The third-order valence-electron chi connectivity index (χ3n) is 6.66. The van der Waals surface area contributed by atoms with Crippen LogP contribution in [0, 0.1) is 11.8 Å². The van der Waals surface area contributed by atoms with E-state index in [0.29, 0.717) is 11.3 Å². The molecule has 6 nitrogen and oxygen atoms in total. The molecule has 0 saturated carbocycles. The van der Waals surface area contributed by atoms with Crippen molar-refractivity contribution in [2.24, 2.45) is 11.8 Å². The molecule has 0 aliphatic carbocycles. The molecule has 48 heavy (non-hydrogen) atoms. The molecule has 260 valence electrons. The van der Waals surface area contributed by atoms with Gasteiger partial charge >= 0.3 is 0 Å². The van der Waals surface area contributed by atoms with Gasteiger partial charge in [0.1, 0.15) is 5.78 Å². The van der Waals surface area contributed by atoms with Gasteiger partial charge in [-0.3, -0.25) is 14.4 Å². The number of para-hydroxylation sites is 1. The van der Waals surface area contributed by atoms with Crippen LogP contribution in [-0.2, 0) is 25.8 Å². The van der Waals surface area contributed by atoms with Crippen LogP contribution in [0.5, 0.6) is 0 Å². The van der Waals surface area contributed by atoms with Gasteiger partial charge in [-0.2, -0.15) is 0 Å². The predicted molar refractivity (Wildman–Crippen MR) is 201 cm³/mol. The van der Waals surface area contributed by atoms with Gasteiger partial charge in [-0.25, -0.2) is 8.42 Å². The number of aryl methyl sites for hydroxylation is 1. The fraction of sp³-hybridized carbons (Fsp3) is 0.341. The van der Waals surface area contributed by atoms with E-state index in [9.17, 15) is 22.8 Å². The van der Waals surface area contributed by atoms with E-state index < -0.39 is 9.84 Å². The van der Waals surface area contributed by atoms with E-state index in [1.165, 1.54) is 18.4 Å². The van der Waals surface area contributed by atoms with Crippen molar-refractivity contribution < 1.29 is 22.8 Å². The van der Waals surface area contributed by atoms with Crippen LogP contribution < -0.4 is 5.32 Å². The van der Waals surface area contributed by atoms with Crippen LogP contribution >= 0.6 is 0 Å². The Hall–Kier alpha value is -4.36. The number of rotatable bonds is 9. The summed E-state index contributed by atoms with van der Waals surface area (Å²) in [5, 5.41) is 2.80. The molecular formula is C41H55NO5S. The minimum atomic E-state index is -3.00. The van der Waals surface area contributed by atoms with Gasteiger partial charge < -0.3 is 5.32 Å². The lowest BCUT2D eigenvalue weighted by Gasteiger charge is -2.06. The summed E-state index contributed by atoms with van der Waals surface area (Å²) in [5.41, 5.74) is 3.11. The third-order valence-corrected chi connectivity index (χ3v) is 8.41. The van der Waals surface area contributed by atoms with Gasteiger partial charge in [0, 0.05) is 29.5 Å². The quantitative estimate of drug-likeness (QED) is 0.178. The molecule has 7 heteroatoms. The molecule has 1 amide bonds. The SMILES string of the molecule is CC(=O)C(C)C.CC(C)C(=O)Nc1ccccc1.CCC(=O)c1ccccc1.CCCc1ccccc1.CCS(=O)(=O)c1ccccc1. The van der Waals surface area contributed by atoms with E-state index in [1.807, 2.05) is 95.3 Å². The Morgan fingerprint density at radius 1 is 0.625 bits per heavy atom. The second-order valence-electron chi connectivity index (χ2n) is 11.4. The number of hydrogen-bond donors (Lipinski definition) is 1. The Morgan fingerprint density at radius 3 is 1.42 bits per heavy atom. The van der Waals surface area contributed by atoms with E-state index in [1.54, 1.807) is 44.2 Å². The van der Waals surface area contributed by atoms with Crippen LogP contribution in [0.2, 0.25) is 0 Å². The number of sulfone groups is 1. The standard InChI is InChI=1S/C10H13NO.C9H10O.C9H12.C8H10O2S.C5H10O/c1-8(2)10(12)11-9-6-4-3-5-7-9;1-2-9(10)8-6-4-3-5-7-8;1-2-6-9-7-4-3-5-8-9;1-2-11(9,10)8-6-4-3-5-7-8;1-4(2)5(3)6/h3-8H,1-2H3,(H,11,12);3-7H,2H2,1H3;3-5,7-8H,2,6H2,1H3;3-7H,2H2,1H3;4H,1-3H3. The molecule has 0 saturated heterocycles. The summed E-state index contributed by atoms with van der Waals surface area (Å²) in [6.45, 7) is 14.8. The Bertz CT molecular complexity index is 1520. The molecule has 0 bridgehead atoms. The Balaban J connectivity index is 0.000000584. The van der Waals surface area contributed by atoms with Gasteiger partial charge in [0.2, 0.25) is 5.91 Å². The summed E-state index contributed by atoms with van der Waals surface area (Å²) in [4.78, 5) is 32.8. The molecule has 4 aromatic carbocycles. The molecule has 0 aromatic heterocycles. The number of Topliss-reactive ketones (excluding diaryl/α,β-unsaturated/α-hetero) is 2. The molecule has 1 N–H and O–H groups in total. The number of carbonyl (C=O) groups is 3. The first-order valence-electron chi connectivity index (χ1n) is 16.5. The molecule has 0 heterocycles. The highest BCUT2D eigenvalue weighted by Gasteiger charge is 2.09. The van der Waals surface area contributed by atoms with E-state index in [0.717, 1.165) is 11.3 Å². The zero-order chi connectivity index (χ0) is 36.4. The summed E-state index contributed by atoms with van der Waals surface area (Å²) in [5.74, 6) is 0.934. The topological polar surface area (TPSA) is 97.4 Å². The summed E-state index contributed by atoms with van der Waals surface area (Å²) < 4.78 is 22.4. The highest BCUT2D eigenvalue weighted by molar-refractivity contribution is 7.91. The molecule has 4 aromatic rings. The Kier molecular flexibility index (Phi) is 23.4. The van der Waals surface area contributed by atoms with Crippen molar-refractivity contribution >= 4 is 33.0 Å². The molecule has 0 fully saturated rings. The summed E-state index contributed by atoms with van der Waals surface area (Å²) >= 11 is 0. The van der Waals surface area contributed by atoms with E-state index >= 15 is 0 Å². The summed E-state index contributed by atoms with van der Waals surface area (Å²) in [6, 6.07) is 37.9. The average Bonchev–Trinajstić information content (AvgIpc) is 3.11. The number of nitrogens with one attached hydrogen (secondary N) is 1. The van der Waals surface area contributed by atoms with Crippen molar-refractivity contribution in [3.63, 3.8) is 0 Å². The molecule has 0 unspecified atom stereocenters. The van der Waals surface area contributed by atoms with Crippen LogP contribution in [0.3, 0.4) is 0 Å². The second kappa shape index (κ2) is 25.7. The maximum Gasteiger partial charge on any atom is 0.226 e. The van der Waals surface area contributed by atoms with Crippen LogP contribution in [0.15, 0.2) is 126 Å². The number of hydrogen-bond acceptors (Lipinski definition) is 5. The van der Waals surface area contributed by atoms with Crippen LogP contribution in [0.1, 0.15) is 84.2 Å². The minimum Gasteiger partial charge on any atom is -0.326 e. The lowest BCUT2D eigenvalue weighted by Crippen LogP contribution is -2.17. The fourth-order valence-electron chi connectivity index (χ4n) is 3.36. The van der Waals surface area contributed by atoms with Gasteiger partial charge in [0.05, 0.1) is 10.6 Å². The molecule has 0 atom stereocenters. The van der Waals surface area contributed by atoms with Crippen molar-refractivity contribution in [3.8, 4) is 0 Å². The first-order chi connectivity index (χ1) is 22.8. The van der Waals surface area contributed by atoms with Crippen LogP contribution in [0.4, 0.5) is 5.69 Å². The average molecular weight is 674 g/mol. The third kappa shape index (κ3) is 20.7. The lowest BCUT2D eigenvalue weighted by atomic mass is 10.1. The van der Waals surface area contributed by atoms with Gasteiger partial charge in [-0.15, -0.1) is 0 Å². The van der Waals surface area contributed by atoms with E-state index in [2.05, 4.69) is 42.6 Å². The van der Waals surface area contributed by atoms with Crippen molar-refractivity contribution in [3.05, 3.63) is 132 Å². The second-order valence-corrected chi connectivity index (χ2v) is 13.6. The van der Waals surface area contributed by atoms with E-state index in [-0.39, 0.29) is 35.1 Å². The summed E-state index contributed by atoms with van der Waals surface area (Å²) in [6.07, 6.45) is 3.04. The maximum absolute atomic E-state index is 11.2. The van der Waals surface area contributed by atoms with Crippen molar-refractivity contribution in [1.29, 1.82) is 0 Å². The van der Waals surface area contributed by atoms with Gasteiger partial charge in [0.25, 0.3) is 0 Å². The largest absolute Gasteiger partial charge is 0.326 e. The van der Waals surface area contributed by atoms with Gasteiger partial charge in [0.15, 0.2) is 15.6 Å². The Labute approximate surface area is 289 Å². The molecular weight excluding hydrogens is 619 g/mol. The molecule has 4 rings (SSSR count). The number of carbonyl (C=O) groups excluding carboxylic acids is 3. The smallest absolute Gasteiger partial charge is 0.226 e. The molecule has 0 aliphatic rings. The van der Waals surface area contributed by atoms with Crippen molar-refractivity contribution in [1.82, 2.24) is 0 Å². The van der Waals surface area contributed by atoms with E-state index in [4.69, 9.17) is 0 Å². The first kappa shape index (κ1) is 43.6. The predicted octanol–water partition coefficient (Wildman–Crippen LogP) is 9.91. The van der Waals surface area contributed by atoms with Crippen molar-refractivity contribution in [2.75, 3.05) is 11.1 Å². The molecule has 0 aliphatic heterocycles. The van der Waals surface area contributed by atoms with Gasteiger partial charge in [-0.05, 0) is 43.2 Å². The number of ketones is 2. The highest BCUT2D eigenvalue weighted by Crippen LogP contribution is 2.09. The van der Waals surface area contributed by atoms with Crippen molar-refractivity contribution in [2.45, 2.75) is 79.5 Å². The zero-order valence-electron chi connectivity index (χ0n) is 30.0.